The fourth-order valence-corrected chi connectivity index (χ4v) is 2.65. The highest BCUT2D eigenvalue weighted by molar-refractivity contribution is 5.96. The van der Waals surface area contributed by atoms with Crippen molar-refractivity contribution in [2.24, 2.45) is 5.10 Å². The Morgan fingerprint density at radius 2 is 1.71 bits per heavy atom. The highest BCUT2D eigenvalue weighted by Crippen LogP contribution is 2.34. The average Bonchev–Trinajstić information content (AvgIpc) is 2.75. The molecule has 0 aliphatic rings. The van der Waals surface area contributed by atoms with E-state index in [0.29, 0.717) is 11.1 Å². The monoisotopic (exact) mass is 420 g/mol. The predicted octanol–water partition coefficient (Wildman–Crippen LogP) is 4.37. The molecule has 156 valence electrons. The molecule has 0 atom stereocenters. The summed E-state index contributed by atoms with van der Waals surface area (Å²) in [6.45, 7) is 1.83. The van der Waals surface area contributed by atoms with Crippen LogP contribution in [0.4, 0.5) is 11.4 Å². The summed E-state index contributed by atoms with van der Waals surface area (Å²) in [5, 5.41) is 25.9. The molecule has 0 aliphatic heterocycles. The van der Waals surface area contributed by atoms with Crippen molar-refractivity contribution in [1.29, 1.82) is 0 Å². The summed E-state index contributed by atoms with van der Waals surface area (Å²) < 4.78 is 5.50. The smallest absolute Gasteiger partial charge is 0.318 e. The normalized spacial score (nSPS) is 10.6. The molecule has 3 aromatic rings. The first-order chi connectivity index (χ1) is 14.8. The van der Waals surface area contributed by atoms with Gasteiger partial charge in [-0.05, 0) is 54.4 Å². The molecule has 0 fully saturated rings. The van der Waals surface area contributed by atoms with Gasteiger partial charge in [0.1, 0.15) is 5.75 Å². The number of carbonyl (C=O) groups is 1. The third-order valence-electron chi connectivity index (χ3n) is 4.23. The van der Waals surface area contributed by atoms with E-state index >= 15 is 0 Å². The van der Waals surface area contributed by atoms with Crippen LogP contribution in [0.15, 0.2) is 71.8 Å². The van der Waals surface area contributed by atoms with Crippen LogP contribution in [0, 0.1) is 27.2 Å². The molecule has 1 N–H and O–H groups in total. The van der Waals surface area contributed by atoms with E-state index < -0.39 is 21.2 Å². The van der Waals surface area contributed by atoms with Crippen LogP contribution in [0.1, 0.15) is 21.5 Å². The minimum atomic E-state index is -0.750. The van der Waals surface area contributed by atoms with Gasteiger partial charge in [0.2, 0.25) is 5.75 Å². The third-order valence-corrected chi connectivity index (χ3v) is 4.23. The van der Waals surface area contributed by atoms with Gasteiger partial charge in [-0.1, -0.05) is 18.2 Å². The van der Waals surface area contributed by atoms with Crippen LogP contribution in [0.2, 0.25) is 0 Å². The molecule has 0 saturated carbocycles. The van der Waals surface area contributed by atoms with E-state index in [4.69, 9.17) is 4.74 Å². The van der Waals surface area contributed by atoms with Gasteiger partial charge in [-0.2, -0.15) is 5.10 Å². The number of ether oxygens (including phenoxy) is 1. The maximum absolute atomic E-state index is 12.1. The number of amides is 1. The van der Waals surface area contributed by atoms with Crippen LogP contribution in [0.3, 0.4) is 0 Å². The Bertz CT molecular complexity index is 1170. The Hall–Kier alpha value is -4.60. The predicted molar refractivity (Wildman–Crippen MR) is 113 cm³/mol. The zero-order valence-electron chi connectivity index (χ0n) is 16.2. The maximum atomic E-state index is 12.1. The number of hydrogen-bond donors (Lipinski definition) is 1. The van der Waals surface area contributed by atoms with E-state index in [1.54, 1.807) is 36.4 Å². The van der Waals surface area contributed by atoms with E-state index in [1.807, 2.05) is 19.1 Å². The number of hydrazone groups is 1. The molecule has 0 radical (unpaired) electrons. The molecule has 3 rings (SSSR count). The SMILES string of the molecule is Cc1ccccc1C(=O)N/N=C\c1ccc(Oc2ccc([N+](=O)[O-])cc2[N+](=O)[O-])cc1. The molecular formula is C21H16N4O6. The van der Waals surface area contributed by atoms with Crippen molar-refractivity contribution < 1.29 is 19.4 Å². The number of rotatable bonds is 7. The molecule has 0 spiro atoms. The summed E-state index contributed by atoms with van der Waals surface area (Å²) in [5.41, 5.74) is 3.53. The Morgan fingerprint density at radius 3 is 2.35 bits per heavy atom. The molecule has 0 heterocycles. The number of nitro benzene ring substituents is 2. The van der Waals surface area contributed by atoms with Crippen LogP contribution < -0.4 is 10.2 Å². The fraction of sp³-hybridized carbons (Fsp3) is 0.0476. The minimum absolute atomic E-state index is 0.123. The molecule has 0 saturated heterocycles. The van der Waals surface area contributed by atoms with E-state index in [-0.39, 0.29) is 17.4 Å². The van der Waals surface area contributed by atoms with Crippen LogP contribution in [0.5, 0.6) is 11.5 Å². The second-order valence-corrected chi connectivity index (χ2v) is 6.35. The fourth-order valence-electron chi connectivity index (χ4n) is 2.65. The van der Waals surface area contributed by atoms with Gasteiger partial charge in [0, 0.05) is 11.6 Å². The first kappa shape index (κ1) is 21.1. The standard InChI is InChI=1S/C21H16N4O6/c1-14-4-2-3-5-18(14)21(26)23-22-13-15-6-9-17(10-7-15)31-20-11-8-16(24(27)28)12-19(20)25(29)30/h2-13H,1H3,(H,23,26)/b22-13-. The van der Waals surface area contributed by atoms with Gasteiger partial charge in [0.05, 0.1) is 22.1 Å². The summed E-state index contributed by atoms with van der Waals surface area (Å²) in [5.74, 6) is -0.166. The van der Waals surface area contributed by atoms with E-state index in [2.05, 4.69) is 10.5 Å². The van der Waals surface area contributed by atoms with Gasteiger partial charge in [0.15, 0.2) is 0 Å². The molecule has 10 nitrogen and oxygen atoms in total. The molecule has 0 bridgehead atoms. The summed E-state index contributed by atoms with van der Waals surface area (Å²) in [7, 11) is 0. The van der Waals surface area contributed by atoms with Crippen molar-refractivity contribution in [3.8, 4) is 11.5 Å². The Balaban J connectivity index is 1.67. The van der Waals surface area contributed by atoms with Gasteiger partial charge < -0.3 is 4.74 Å². The molecule has 0 aliphatic carbocycles. The number of nitrogens with zero attached hydrogens (tertiary/aromatic N) is 3. The van der Waals surface area contributed by atoms with Gasteiger partial charge in [-0.3, -0.25) is 25.0 Å². The lowest BCUT2D eigenvalue weighted by molar-refractivity contribution is -0.394. The first-order valence-corrected chi connectivity index (χ1v) is 8.95. The van der Waals surface area contributed by atoms with Crippen molar-refractivity contribution in [2.75, 3.05) is 0 Å². The number of nitrogens with one attached hydrogen (secondary N) is 1. The van der Waals surface area contributed by atoms with Crippen molar-refractivity contribution in [1.82, 2.24) is 5.43 Å². The lowest BCUT2D eigenvalue weighted by Gasteiger charge is -2.06. The Morgan fingerprint density at radius 1 is 1.00 bits per heavy atom. The van der Waals surface area contributed by atoms with Gasteiger partial charge in [0.25, 0.3) is 11.6 Å². The highest BCUT2D eigenvalue weighted by atomic mass is 16.6. The van der Waals surface area contributed by atoms with Gasteiger partial charge in [-0.15, -0.1) is 0 Å². The lowest BCUT2D eigenvalue weighted by Crippen LogP contribution is -2.18. The van der Waals surface area contributed by atoms with Crippen LogP contribution in [-0.4, -0.2) is 22.0 Å². The molecule has 1 amide bonds. The van der Waals surface area contributed by atoms with Crippen LogP contribution >= 0.6 is 0 Å². The van der Waals surface area contributed by atoms with Gasteiger partial charge in [-0.25, -0.2) is 5.43 Å². The molecule has 0 aromatic heterocycles. The van der Waals surface area contributed by atoms with Crippen molar-refractivity contribution in [3.63, 3.8) is 0 Å². The second kappa shape index (κ2) is 9.27. The van der Waals surface area contributed by atoms with E-state index in [9.17, 15) is 25.0 Å². The number of carbonyl (C=O) groups excluding carboxylic acids is 1. The number of nitro groups is 2. The molecular weight excluding hydrogens is 404 g/mol. The molecule has 10 heteroatoms. The Labute approximate surface area is 176 Å². The highest BCUT2D eigenvalue weighted by Gasteiger charge is 2.21. The van der Waals surface area contributed by atoms with E-state index in [0.717, 1.165) is 17.7 Å². The summed E-state index contributed by atoms with van der Waals surface area (Å²) >= 11 is 0. The topological polar surface area (TPSA) is 137 Å². The minimum Gasteiger partial charge on any atom is -0.450 e. The molecule has 0 unspecified atom stereocenters. The average molecular weight is 420 g/mol. The first-order valence-electron chi connectivity index (χ1n) is 8.95. The number of aryl methyl sites for hydroxylation is 1. The summed E-state index contributed by atoms with van der Waals surface area (Å²) in [6, 6.07) is 16.6. The Kier molecular flexibility index (Phi) is 6.31. The molecule has 3 aromatic carbocycles. The van der Waals surface area contributed by atoms with Crippen molar-refractivity contribution in [2.45, 2.75) is 6.92 Å². The van der Waals surface area contributed by atoms with Crippen LogP contribution in [0.25, 0.3) is 0 Å². The van der Waals surface area contributed by atoms with Crippen molar-refractivity contribution >= 4 is 23.5 Å². The van der Waals surface area contributed by atoms with Crippen molar-refractivity contribution in [3.05, 3.63) is 104 Å². The number of benzene rings is 3. The lowest BCUT2D eigenvalue weighted by atomic mass is 10.1. The quantitative estimate of drug-likeness (QED) is 0.342. The second-order valence-electron chi connectivity index (χ2n) is 6.35. The zero-order chi connectivity index (χ0) is 22.4. The third kappa shape index (κ3) is 5.26. The number of non-ortho nitro benzene ring substituents is 1. The van der Waals surface area contributed by atoms with E-state index in [1.165, 1.54) is 12.3 Å². The zero-order valence-corrected chi connectivity index (χ0v) is 16.2. The number of hydrogen-bond acceptors (Lipinski definition) is 7. The summed E-state index contributed by atoms with van der Waals surface area (Å²) in [6.07, 6.45) is 1.44. The molecule has 31 heavy (non-hydrogen) atoms. The summed E-state index contributed by atoms with van der Waals surface area (Å²) in [4.78, 5) is 32.7. The van der Waals surface area contributed by atoms with Crippen LogP contribution in [-0.2, 0) is 0 Å². The maximum Gasteiger partial charge on any atom is 0.318 e. The largest absolute Gasteiger partial charge is 0.450 e. The van der Waals surface area contributed by atoms with Gasteiger partial charge >= 0.3 is 5.69 Å².